The Morgan fingerprint density at radius 2 is 1.76 bits per heavy atom. The Morgan fingerprint density at radius 1 is 1.06 bits per heavy atom. The van der Waals surface area contributed by atoms with Crippen LogP contribution < -0.4 is 5.73 Å². The van der Waals surface area contributed by atoms with Crippen LogP contribution in [-0.4, -0.2) is 25.1 Å². The topological polar surface area (TPSA) is 78.6 Å². The van der Waals surface area contributed by atoms with Crippen LogP contribution in [0.2, 0.25) is 0 Å². The Labute approximate surface area is 99.5 Å². The lowest BCUT2D eigenvalue weighted by Crippen LogP contribution is -2.18. The number of carbonyl (C=O) groups excluding carboxylic acids is 2. The van der Waals surface area contributed by atoms with Gasteiger partial charge in [-0.1, -0.05) is 30.3 Å². The molecule has 0 radical (unpaired) electrons. The number of carbonyl (C=O) groups is 2. The van der Waals surface area contributed by atoms with E-state index in [1.165, 1.54) is 0 Å². The second-order valence-corrected chi connectivity index (χ2v) is 3.35. The SMILES string of the molecule is NCCC(=O)OCC(=O)OCc1ccccc1. The lowest BCUT2D eigenvalue weighted by Gasteiger charge is -2.05. The van der Waals surface area contributed by atoms with Gasteiger partial charge in [-0.25, -0.2) is 4.79 Å². The first-order chi connectivity index (χ1) is 8.22. The summed E-state index contributed by atoms with van der Waals surface area (Å²) in [5.41, 5.74) is 6.04. The number of nitrogens with two attached hydrogens (primary N) is 1. The molecule has 92 valence electrons. The van der Waals surface area contributed by atoms with Crippen molar-refractivity contribution in [2.24, 2.45) is 5.73 Å². The first-order valence-electron chi connectivity index (χ1n) is 5.27. The van der Waals surface area contributed by atoms with E-state index < -0.39 is 11.9 Å². The molecule has 0 amide bonds. The molecule has 1 aromatic rings. The van der Waals surface area contributed by atoms with Crippen LogP contribution in [0.25, 0.3) is 0 Å². The van der Waals surface area contributed by atoms with Gasteiger partial charge in [-0.3, -0.25) is 4.79 Å². The van der Waals surface area contributed by atoms with Gasteiger partial charge in [0.25, 0.3) is 0 Å². The van der Waals surface area contributed by atoms with Gasteiger partial charge in [0.15, 0.2) is 6.61 Å². The van der Waals surface area contributed by atoms with E-state index >= 15 is 0 Å². The molecule has 1 aromatic carbocycles. The molecule has 2 N–H and O–H groups in total. The summed E-state index contributed by atoms with van der Waals surface area (Å²) in [5.74, 6) is -1.07. The van der Waals surface area contributed by atoms with Crippen molar-refractivity contribution in [3.05, 3.63) is 35.9 Å². The molecule has 0 spiro atoms. The van der Waals surface area contributed by atoms with Gasteiger partial charge >= 0.3 is 11.9 Å². The molecule has 0 bridgehead atoms. The monoisotopic (exact) mass is 237 g/mol. The van der Waals surface area contributed by atoms with Crippen molar-refractivity contribution in [1.82, 2.24) is 0 Å². The number of esters is 2. The largest absolute Gasteiger partial charge is 0.458 e. The van der Waals surface area contributed by atoms with E-state index in [-0.39, 0.29) is 26.2 Å². The lowest BCUT2D eigenvalue weighted by atomic mass is 10.2. The molecular weight excluding hydrogens is 222 g/mol. The van der Waals surface area contributed by atoms with Crippen molar-refractivity contribution in [2.75, 3.05) is 13.2 Å². The molecule has 1 rings (SSSR count). The van der Waals surface area contributed by atoms with Gasteiger partial charge in [0.2, 0.25) is 0 Å². The fraction of sp³-hybridized carbons (Fsp3) is 0.333. The van der Waals surface area contributed by atoms with E-state index in [0.29, 0.717) is 0 Å². The van der Waals surface area contributed by atoms with E-state index in [9.17, 15) is 9.59 Å². The molecule has 0 atom stereocenters. The van der Waals surface area contributed by atoms with E-state index in [2.05, 4.69) is 4.74 Å². The third-order valence-electron chi connectivity index (χ3n) is 1.94. The number of hydrogen-bond acceptors (Lipinski definition) is 5. The van der Waals surface area contributed by atoms with Gasteiger partial charge in [0.1, 0.15) is 6.61 Å². The molecule has 0 unspecified atom stereocenters. The zero-order valence-electron chi connectivity index (χ0n) is 9.43. The van der Waals surface area contributed by atoms with E-state index in [0.717, 1.165) is 5.56 Å². The molecule has 0 aliphatic heterocycles. The van der Waals surface area contributed by atoms with Crippen LogP contribution in [0.3, 0.4) is 0 Å². The minimum atomic E-state index is -0.570. The summed E-state index contributed by atoms with van der Waals surface area (Å²) in [5, 5.41) is 0. The van der Waals surface area contributed by atoms with Crippen molar-refractivity contribution in [1.29, 1.82) is 0 Å². The van der Waals surface area contributed by atoms with Gasteiger partial charge < -0.3 is 15.2 Å². The molecule has 0 fully saturated rings. The van der Waals surface area contributed by atoms with Crippen LogP contribution in [0.1, 0.15) is 12.0 Å². The highest BCUT2D eigenvalue weighted by Gasteiger charge is 2.07. The Morgan fingerprint density at radius 3 is 2.41 bits per heavy atom. The summed E-state index contributed by atoms with van der Waals surface area (Å²) in [6, 6.07) is 9.26. The second kappa shape index (κ2) is 7.40. The average molecular weight is 237 g/mol. The molecule has 5 heteroatoms. The second-order valence-electron chi connectivity index (χ2n) is 3.35. The zero-order valence-corrected chi connectivity index (χ0v) is 9.43. The number of rotatable bonds is 6. The van der Waals surface area contributed by atoms with Crippen LogP contribution in [0.15, 0.2) is 30.3 Å². The van der Waals surface area contributed by atoms with Gasteiger partial charge in [-0.15, -0.1) is 0 Å². The fourth-order valence-electron chi connectivity index (χ4n) is 1.11. The summed E-state index contributed by atoms with van der Waals surface area (Å²) in [6.45, 7) is 0.0116. The maximum atomic E-state index is 11.2. The van der Waals surface area contributed by atoms with Crippen molar-refractivity contribution in [3.8, 4) is 0 Å². The third-order valence-corrected chi connectivity index (χ3v) is 1.94. The quantitative estimate of drug-likeness (QED) is 0.734. The average Bonchev–Trinajstić information content (AvgIpc) is 2.35. The number of hydrogen-bond donors (Lipinski definition) is 1. The lowest BCUT2D eigenvalue weighted by molar-refractivity contribution is -0.159. The summed E-state index contributed by atoms with van der Waals surface area (Å²) < 4.78 is 9.55. The van der Waals surface area contributed by atoms with Crippen molar-refractivity contribution >= 4 is 11.9 Å². The summed E-state index contributed by atoms with van der Waals surface area (Å²) >= 11 is 0. The van der Waals surface area contributed by atoms with E-state index in [1.54, 1.807) is 0 Å². The van der Waals surface area contributed by atoms with Crippen molar-refractivity contribution in [3.63, 3.8) is 0 Å². The fourth-order valence-corrected chi connectivity index (χ4v) is 1.11. The standard InChI is InChI=1S/C12H15NO4/c13-7-6-11(14)17-9-12(15)16-8-10-4-2-1-3-5-10/h1-5H,6-9,13H2. The van der Waals surface area contributed by atoms with Gasteiger partial charge in [0.05, 0.1) is 6.42 Å². The smallest absolute Gasteiger partial charge is 0.344 e. The van der Waals surface area contributed by atoms with Crippen LogP contribution in [0.4, 0.5) is 0 Å². The molecule has 0 saturated heterocycles. The number of benzene rings is 1. The molecule has 5 nitrogen and oxygen atoms in total. The van der Waals surface area contributed by atoms with Crippen LogP contribution in [-0.2, 0) is 25.7 Å². The maximum Gasteiger partial charge on any atom is 0.344 e. The highest BCUT2D eigenvalue weighted by atomic mass is 16.6. The highest BCUT2D eigenvalue weighted by molar-refractivity contribution is 5.76. The first-order valence-corrected chi connectivity index (χ1v) is 5.27. The molecule has 0 aliphatic rings. The molecule has 0 saturated carbocycles. The predicted molar refractivity (Wildman–Crippen MR) is 60.9 cm³/mol. The summed E-state index contributed by atoms with van der Waals surface area (Å²) in [7, 11) is 0. The molecule has 0 heterocycles. The Bertz CT molecular complexity index is 364. The van der Waals surface area contributed by atoms with E-state index in [4.69, 9.17) is 10.5 Å². The minimum Gasteiger partial charge on any atom is -0.458 e. The Balaban J connectivity index is 2.20. The van der Waals surface area contributed by atoms with Gasteiger partial charge in [-0.2, -0.15) is 0 Å². The van der Waals surface area contributed by atoms with Gasteiger partial charge in [-0.05, 0) is 5.56 Å². The Kier molecular flexibility index (Phi) is 5.74. The molecular formula is C12H15NO4. The molecule has 17 heavy (non-hydrogen) atoms. The van der Waals surface area contributed by atoms with Crippen molar-refractivity contribution < 1.29 is 19.1 Å². The summed E-state index contributed by atoms with van der Waals surface area (Å²) in [6.07, 6.45) is 0.103. The molecule has 0 aliphatic carbocycles. The van der Waals surface area contributed by atoms with E-state index in [1.807, 2.05) is 30.3 Å². The van der Waals surface area contributed by atoms with Gasteiger partial charge in [0, 0.05) is 6.54 Å². The molecule has 0 aromatic heterocycles. The third kappa shape index (κ3) is 5.67. The minimum absolute atomic E-state index is 0.103. The normalized spacial score (nSPS) is 9.71. The summed E-state index contributed by atoms with van der Waals surface area (Å²) in [4.78, 5) is 22.1. The van der Waals surface area contributed by atoms with Crippen LogP contribution in [0, 0.1) is 0 Å². The first kappa shape index (κ1) is 13.2. The highest BCUT2D eigenvalue weighted by Crippen LogP contribution is 2.00. The number of ether oxygens (including phenoxy) is 2. The van der Waals surface area contributed by atoms with Crippen LogP contribution in [0.5, 0.6) is 0 Å². The van der Waals surface area contributed by atoms with Crippen LogP contribution >= 0.6 is 0 Å². The van der Waals surface area contributed by atoms with Crippen molar-refractivity contribution in [2.45, 2.75) is 13.0 Å². The Hall–Kier alpha value is -1.88. The maximum absolute atomic E-state index is 11.2. The predicted octanol–water partition coefficient (Wildman–Crippen LogP) is 0.622. The zero-order chi connectivity index (χ0) is 12.5.